The van der Waals surface area contributed by atoms with Crippen LogP contribution < -0.4 is 5.32 Å². The van der Waals surface area contributed by atoms with E-state index in [4.69, 9.17) is 0 Å². The maximum absolute atomic E-state index is 12.6. The molecule has 1 aliphatic rings. The Balaban J connectivity index is 1.95. The summed E-state index contributed by atoms with van der Waals surface area (Å²) < 4.78 is 37.8. The van der Waals surface area contributed by atoms with E-state index in [0.29, 0.717) is 0 Å². The van der Waals surface area contributed by atoms with Gasteiger partial charge in [0.25, 0.3) is 0 Å². The Morgan fingerprint density at radius 3 is 2.87 bits per heavy atom. The highest BCUT2D eigenvalue weighted by Gasteiger charge is 2.30. The van der Waals surface area contributed by atoms with Gasteiger partial charge in [-0.05, 0) is 32.6 Å². The summed E-state index contributed by atoms with van der Waals surface area (Å²) in [6.07, 6.45) is 0.991. The second-order valence-corrected chi connectivity index (χ2v) is 5.97. The van der Waals surface area contributed by atoms with E-state index >= 15 is 0 Å². The van der Waals surface area contributed by atoms with Crippen molar-refractivity contribution in [1.29, 1.82) is 0 Å². The zero-order chi connectivity index (χ0) is 17.0. The lowest BCUT2D eigenvalue weighted by molar-refractivity contribution is -0.142. The molecule has 2 rings (SSSR count). The predicted octanol–water partition coefficient (Wildman–Crippen LogP) is 3.04. The number of likely N-dealkylation sites (tertiary alicyclic amines) is 1. The highest BCUT2D eigenvalue weighted by molar-refractivity contribution is 5.84. The number of nitrogens with one attached hydrogen (secondary N) is 1. The molecule has 0 saturated carbocycles. The first-order valence-corrected chi connectivity index (χ1v) is 7.97. The Kier molecular flexibility index (Phi) is 5.54. The Hall–Kier alpha value is -1.73. The number of nitrogens with zero attached hydrogens (tertiary/aromatic N) is 3. The molecule has 1 fully saturated rings. The van der Waals surface area contributed by atoms with E-state index in [9.17, 15) is 18.0 Å². The molecule has 1 saturated heterocycles. The number of halogens is 3. The van der Waals surface area contributed by atoms with Crippen molar-refractivity contribution in [2.45, 2.75) is 64.3 Å². The molecule has 1 N–H and O–H groups in total. The normalized spacial score (nSPS) is 20.4. The van der Waals surface area contributed by atoms with Crippen LogP contribution in [0, 0.1) is 0 Å². The third-order valence-corrected chi connectivity index (χ3v) is 4.10. The van der Waals surface area contributed by atoms with Crippen LogP contribution in [0.25, 0.3) is 0 Å². The van der Waals surface area contributed by atoms with Crippen LogP contribution in [0.1, 0.15) is 39.5 Å². The summed E-state index contributed by atoms with van der Waals surface area (Å²) in [5.74, 6) is 0.252. The Bertz CT molecular complexity index is 529. The minimum absolute atomic E-state index is 0.0260. The fraction of sp³-hybridized carbons (Fsp3) is 0.733. The average Bonchev–Trinajstić information content (AvgIpc) is 2.91. The van der Waals surface area contributed by atoms with Gasteiger partial charge in [-0.3, -0.25) is 9.48 Å². The fourth-order valence-corrected chi connectivity index (χ4v) is 2.96. The van der Waals surface area contributed by atoms with Gasteiger partial charge in [-0.15, -0.1) is 0 Å². The third kappa shape index (κ3) is 4.87. The number of amides is 1. The van der Waals surface area contributed by atoms with Crippen molar-refractivity contribution in [2.24, 2.45) is 0 Å². The van der Waals surface area contributed by atoms with E-state index in [1.165, 1.54) is 12.3 Å². The zero-order valence-electron chi connectivity index (χ0n) is 13.4. The largest absolute Gasteiger partial charge is 0.408 e. The van der Waals surface area contributed by atoms with Crippen LogP contribution in [0.15, 0.2) is 12.3 Å². The molecule has 8 heteroatoms. The Labute approximate surface area is 133 Å². The molecule has 1 amide bonds. The molecule has 0 aromatic carbocycles. The average molecular weight is 332 g/mol. The van der Waals surface area contributed by atoms with Crippen molar-refractivity contribution in [3.05, 3.63) is 12.3 Å². The van der Waals surface area contributed by atoms with Gasteiger partial charge in [-0.2, -0.15) is 18.3 Å². The first-order chi connectivity index (χ1) is 10.8. The third-order valence-electron chi connectivity index (χ3n) is 4.10. The summed E-state index contributed by atoms with van der Waals surface area (Å²) in [5.41, 5.74) is 0. The van der Waals surface area contributed by atoms with Gasteiger partial charge < -0.3 is 10.2 Å². The molecule has 0 radical (unpaired) electrons. The number of aromatic nitrogens is 2. The summed E-state index contributed by atoms with van der Waals surface area (Å²) in [4.78, 5) is 14.4. The molecular formula is C15H23F3N4O. The van der Waals surface area contributed by atoms with E-state index in [1.54, 1.807) is 6.92 Å². The first kappa shape index (κ1) is 17.6. The summed E-state index contributed by atoms with van der Waals surface area (Å²) in [6, 6.07) is 1.18. The lowest BCUT2D eigenvalue weighted by atomic mass is 9.99. The van der Waals surface area contributed by atoms with Gasteiger partial charge in [0.1, 0.15) is 18.4 Å². The number of anilines is 1. The molecule has 23 heavy (non-hydrogen) atoms. The number of hydrogen-bond donors (Lipinski definition) is 1. The molecule has 0 aliphatic carbocycles. The molecule has 1 aromatic heterocycles. The molecule has 0 unspecified atom stereocenters. The maximum Gasteiger partial charge on any atom is 0.408 e. The minimum atomic E-state index is -4.31. The van der Waals surface area contributed by atoms with Gasteiger partial charge in [0.2, 0.25) is 5.91 Å². The zero-order valence-corrected chi connectivity index (χ0v) is 13.4. The van der Waals surface area contributed by atoms with E-state index in [1.807, 2.05) is 4.90 Å². The number of rotatable bonds is 5. The quantitative estimate of drug-likeness (QED) is 0.902. The standard InChI is InChI=1S/C15H23F3N4O/c1-3-12-6-4-5-8-22(12)14(23)11(2)19-13-7-9-21(20-13)10-15(16,17)18/h7,9,11-12H,3-6,8,10H2,1-2H3,(H,19,20)/t11-,12+/m0/s1. The summed E-state index contributed by atoms with van der Waals surface area (Å²) in [5, 5.41) is 6.72. The molecule has 1 aromatic rings. The van der Waals surface area contributed by atoms with E-state index in [2.05, 4.69) is 17.3 Å². The van der Waals surface area contributed by atoms with Crippen LogP contribution in [0.4, 0.5) is 19.0 Å². The number of hydrogen-bond acceptors (Lipinski definition) is 3. The predicted molar refractivity (Wildman–Crippen MR) is 81.0 cm³/mol. The number of piperidine rings is 1. The molecule has 1 aliphatic heterocycles. The molecule has 2 atom stereocenters. The van der Waals surface area contributed by atoms with Crippen molar-refractivity contribution in [1.82, 2.24) is 14.7 Å². The second-order valence-electron chi connectivity index (χ2n) is 5.97. The molecule has 0 bridgehead atoms. The molecule has 130 valence electrons. The first-order valence-electron chi connectivity index (χ1n) is 7.97. The van der Waals surface area contributed by atoms with Gasteiger partial charge in [0, 0.05) is 24.8 Å². The highest BCUT2D eigenvalue weighted by Crippen LogP contribution is 2.21. The van der Waals surface area contributed by atoms with Crippen molar-refractivity contribution < 1.29 is 18.0 Å². The van der Waals surface area contributed by atoms with Gasteiger partial charge in [-0.25, -0.2) is 0 Å². The van der Waals surface area contributed by atoms with E-state index < -0.39 is 18.8 Å². The maximum atomic E-state index is 12.6. The monoisotopic (exact) mass is 332 g/mol. The number of alkyl halides is 3. The molecule has 2 heterocycles. The van der Waals surface area contributed by atoms with Crippen molar-refractivity contribution in [3.63, 3.8) is 0 Å². The summed E-state index contributed by atoms with van der Waals surface area (Å²) >= 11 is 0. The van der Waals surface area contributed by atoms with Crippen LogP contribution in [0.5, 0.6) is 0 Å². The molecular weight excluding hydrogens is 309 g/mol. The Morgan fingerprint density at radius 1 is 1.48 bits per heavy atom. The minimum Gasteiger partial charge on any atom is -0.357 e. The Morgan fingerprint density at radius 2 is 2.22 bits per heavy atom. The lowest BCUT2D eigenvalue weighted by Crippen LogP contribution is -2.49. The van der Waals surface area contributed by atoms with Crippen molar-refractivity contribution in [3.8, 4) is 0 Å². The summed E-state index contributed by atoms with van der Waals surface area (Å²) in [6.45, 7) is 3.38. The van der Waals surface area contributed by atoms with Crippen LogP contribution in [0.2, 0.25) is 0 Å². The highest BCUT2D eigenvalue weighted by atomic mass is 19.4. The van der Waals surface area contributed by atoms with Gasteiger partial charge in [0.15, 0.2) is 0 Å². The number of carbonyl (C=O) groups is 1. The second kappa shape index (κ2) is 7.23. The topological polar surface area (TPSA) is 50.2 Å². The van der Waals surface area contributed by atoms with Gasteiger partial charge in [-0.1, -0.05) is 6.92 Å². The van der Waals surface area contributed by atoms with Crippen LogP contribution in [-0.2, 0) is 11.3 Å². The molecule has 5 nitrogen and oxygen atoms in total. The van der Waals surface area contributed by atoms with E-state index in [-0.39, 0.29) is 17.8 Å². The SMILES string of the molecule is CC[C@@H]1CCCCN1C(=O)[C@H](C)Nc1ccn(CC(F)(F)F)n1. The van der Waals surface area contributed by atoms with Crippen LogP contribution >= 0.6 is 0 Å². The van der Waals surface area contributed by atoms with Crippen LogP contribution in [-0.4, -0.2) is 45.4 Å². The van der Waals surface area contributed by atoms with Gasteiger partial charge >= 0.3 is 6.18 Å². The fourth-order valence-electron chi connectivity index (χ4n) is 2.96. The van der Waals surface area contributed by atoms with Crippen LogP contribution in [0.3, 0.4) is 0 Å². The van der Waals surface area contributed by atoms with Crippen molar-refractivity contribution in [2.75, 3.05) is 11.9 Å². The number of carbonyl (C=O) groups excluding carboxylic acids is 1. The lowest BCUT2D eigenvalue weighted by Gasteiger charge is -2.37. The summed E-state index contributed by atoms with van der Waals surface area (Å²) in [7, 11) is 0. The molecule has 0 spiro atoms. The smallest absolute Gasteiger partial charge is 0.357 e. The van der Waals surface area contributed by atoms with E-state index in [0.717, 1.165) is 36.9 Å². The van der Waals surface area contributed by atoms with Gasteiger partial charge in [0.05, 0.1) is 0 Å². The van der Waals surface area contributed by atoms with Crippen molar-refractivity contribution >= 4 is 11.7 Å².